The summed E-state index contributed by atoms with van der Waals surface area (Å²) in [5.74, 6) is -1.29. The van der Waals surface area contributed by atoms with Gasteiger partial charge in [0, 0.05) is 6.42 Å². The molecule has 0 fully saturated rings. The highest BCUT2D eigenvalue weighted by Gasteiger charge is 2.21. The summed E-state index contributed by atoms with van der Waals surface area (Å²) >= 11 is 0. The summed E-state index contributed by atoms with van der Waals surface area (Å²) in [6.07, 6.45) is 0.463. The number of aryl methyl sites for hydroxylation is 3. The molecular formula is C20H23NO3. The fraction of sp³-hybridized carbons (Fsp3) is 0.300. The van der Waals surface area contributed by atoms with Crippen molar-refractivity contribution >= 4 is 11.9 Å². The molecule has 0 aromatic heterocycles. The minimum absolute atomic E-state index is 0.191. The molecule has 2 aromatic rings. The molecule has 1 atom stereocenters. The molecule has 0 saturated heterocycles. The van der Waals surface area contributed by atoms with Crippen LogP contribution in [-0.2, 0) is 22.4 Å². The summed E-state index contributed by atoms with van der Waals surface area (Å²) in [7, 11) is 0. The first kappa shape index (κ1) is 17.7. The molecule has 0 heterocycles. The Morgan fingerprint density at radius 1 is 1.04 bits per heavy atom. The van der Waals surface area contributed by atoms with Crippen molar-refractivity contribution < 1.29 is 14.7 Å². The molecule has 2 rings (SSSR count). The highest BCUT2D eigenvalue weighted by molar-refractivity contribution is 5.85. The summed E-state index contributed by atoms with van der Waals surface area (Å²) in [4.78, 5) is 23.8. The molecule has 2 aromatic carbocycles. The molecule has 1 amide bonds. The van der Waals surface area contributed by atoms with Crippen molar-refractivity contribution in [3.8, 4) is 0 Å². The zero-order valence-electron chi connectivity index (χ0n) is 14.3. The van der Waals surface area contributed by atoms with Crippen molar-refractivity contribution in [3.05, 3.63) is 70.3 Å². The Morgan fingerprint density at radius 2 is 1.62 bits per heavy atom. The van der Waals surface area contributed by atoms with Gasteiger partial charge in [-0.25, -0.2) is 4.79 Å². The van der Waals surface area contributed by atoms with Gasteiger partial charge in [-0.3, -0.25) is 4.79 Å². The van der Waals surface area contributed by atoms with E-state index >= 15 is 0 Å². The van der Waals surface area contributed by atoms with E-state index in [0.29, 0.717) is 0 Å². The Bertz CT molecular complexity index is 715. The van der Waals surface area contributed by atoms with Gasteiger partial charge in [0.05, 0.1) is 6.42 Å². The maximum Gasteiger partial charge on any atom is 0.326 e. The topological polar surface area (TPSA) is 66.4 Å². The molecule has 2 N–H and O–H groups in total. The Hall–Kier alpha value is -2.62. The van der Waals surface area contributed by atoms with Crippen LogP contribution in [0.5, 0.6) is 0 Å². The van der Waals surface area contributed by atoms with Gasteiger partial charge in [-0.2, -0.15) is 0 Å². The van der Waals surface area contributed by atoms with Gasteiger partial charge in [0.15, 0.2) is 0 Å². The van der Waals surface area contributed by atoms with Crippen molar-refractivity contribution in [3.63, 3.8) is 0 Å². The Balaban J connectivity index is 2.07. The predicted molar refractivity (Wildman–Crippen MR) is 94.1 cm³/mol. The monoisotopic (exact) mass is 325 g/mol. The van der Waals surface area contributed by atoms with Gasteiger partial charge in [-0.1, -0.05) is 48.0 Å². The summed E-state index contributed by atoms with van der Waals surface area (Å²) in [6, 6.07) is 12.5. The first-order valence-electron chi connectivity index (χ1n) is 7.99. The van der Waals surface area contributed by atoms with Crippen LogP contribution in [0.15, 0.2) is 42.5 Å². The number of rotatable bonds is 6. The number of hydrogen-bond donors (Lipinski definition) is 2. The van der Waals surface area contributed by atoms with E-state index in [1.54, 1.807) is 0 Å². The molecule has 4 nitrogen and oxygen atoms in total. The second-order valence-electron chi connectivity index (χ2n) is 6.20. The van der Waals surface area contributed by atoms with Crippen molar-refractivity contribution in [2.75, 3.05) is 0 Å². The first-order chi connectivity index (χ1) is 11.4. The number of amides is 1. The van der Waals surface area contributed by atoms with Gasteiger partial charge in [0.25, 0.3) is 0 Å². The van der Waals surface area contributed by atoms with E-state index in [2.05, 4.69) is 5.32 Å². The number of carbonyl (C=O) groups excluding carboxylic acids is 1. The maximum atomic E-state index is 12.3. The lowest BCUT2D eigenvalue weighted by atomic mass is 9.97. The fourth-order valence-electron chi connectivity index (χ4n) is 2.94. The van der Waals surface area contributed by atoms with E-state index < -0.39 is 12.0 Å². The van der Waals surface area contributed by atoms with Crippen LogP contribution in [0.2, 0.25) is 0 Å². The van der Waals surface area contributed by atoms with Crippen LogP contribution in [0.25, 0.3) is 0 Å². The van der Waals surface area contributed by atoms with Crippen LogP contribution in [0.3, 0.4) is 0 Å². The lowest BCUT2D eigenvalue weighted by Crippen LogP contribution is -2.43. The molecule has 0 aliphatic heterocycles. The third-order valence-corrected chi connectivity index (χ3v) is 4.09. The van der Waals surface area contributed by atoms with Crippen molar-refractivity contribution in [2.24, 2.45) is 0 Å². The van der Waals surface area contributed by atoms with E-state index in [1.165, 1.54) is 0 Å². The second kappa shape index (κ2) is 7.77. The van der Waals surface area contributed by atoms with Gasteiger partial charge >= 0.3 is 5.97 Å². The number of nitrogens with one attached hydrogen (secondary N) is 1. The number of carboxylic acid groups (broad SMARTS) is 1. The largest absolute Gasteiger partial charge is 0.480 e. The molecule has 4 heteroatoms. The molecule has 24 heavy (non-hydrogen) atoms. The van der Waals surface area contributed by atoms with E-state index in [-0.39, 0.29) is 18.7 Å². The van der Waals surface area contributed by atoms with Crippen LogP contribution in [0.4, 0.5) is 0 Å². The van der Waals surface area contributed by atoms with Gasteiger partial charge in [-0.05, 0) is 43.0 Å². The molecule has 0 radical (unpaired) electrons. The quantitative estimate of drug-likeness (QED) is 0.858. The van der Waals surface area contributed by atoms with Gasteiger partial charge in [0.2, 0.25) is 5.91 Å². The summed E-state index contributed by atoms with van der Waals surface area (Å²) < 4.78 is 0. The SMILES string of the molecule is Cc1cc(C)c(CC(=O)N[C@@H](Cc2ccccc2)C(=O)O)c(C)c1. The van der Waals surface area contributed by atoms with E-state index in [1.807, 2.05) is 63.2 Å². The number of benzene rings is 2. The highest BCUT2D eigenvalue weighted by Crippen LogP contribution is 2.17. The minimum Gasteiger partial charge on any atom is -0.480 e. The lowest BCUT2D eigenvalue weighted by molar-refractivity contribution is -0.141. The van der Waals surface area contributed by atoms with Crippen LogP contribution in [0.1, 0.15) is 27.8 Å². The Kier molecular flexibility index (Phi) is 5.74. The second-order valence-corrected chi connectivity index (χ2v) is 6.20. The fourth-order valence-corrected chi connectivity index (χ4v) is 2.94. The molecule has 126 valence electrons. The van der Waals surface area contributed by atoms with Crippen LogP contribution in [-0.4, -0.2) is 23.0 Å². The Morgan fingerprint density at radius 3 is 2.17 bits per heavy atom. The average Bonchev–Trinajstić information content (AvgIpc) is 2.51. The Labute approximate surface area is 142 Å². The van der Waals surface area contributed by atoms with Crippen molar-refractivity contribution in [1.29, 1.82) is 0 Å². The standard InChI is InChI=1S/C20H23NO3/c1-13-9-14(2)17(15(3)10-13)12-19(22)21-18(20(23)24)11-16-7-5-4-6-8-16/h4-10,18H,11-12H2,1-3H3,(H,21,22)(H,23,24)/t18-/m0/s1. The van der Waals surface area contributed by atoms with Crippen LogP contribution in [0, 0.1) is 20.8 Å². The van der Waals surface area contributed by atoms with Crippen molar-refractivity contribution in [1.82, 2.24) is 5.32 Å². The molecule has 0 unspecified atom stereocenters. The normalized spacial score (nSPS) is 11.8. The highest BCUT2D eigenvalue weighted by atomic mass is 16.4. The number of hydrogen-bond acceptors (Lipinski definition) is 2. The third kappa shape index (κ3) is 4.69. The lowest BCUT2D eigenvalue weighted by Gasteiger charge is -2.16. The number of aliphatic carboxylic acids is 1. The number of carbonyl (C=O) groups is 2. The summed E-state index contributed by atoms with van der Waals surface area (Å²) in [5, 5.41) is 12.0. The van der Waals surface area contributed by atoms with E-state index in [0.717, 1.165) is 27.8 Å². The van der Waals surface area contributed by atoms with Crippen molar-refractivity contribution in [2.45, 2.75) is 39.7 Å². The van der Waals surface area contributed by atoms with Gasteiger partial charge < -0.3 is 10.4 Å². The molecule has 0 aliphatic carbocycles. The predicted octanol–water partition coefficient (Wildman–Crippen LogP) is 2.97. The average molecular weight is 325 g/mol. The third-order valence-electron chi connectivity index (χ3n) is 4.09. The molecule has 0 bridgehead atoms. The van der Waals surface area contributed by atoms with Gasteiger partial charge in [0.1, 0.15) is 6.04 Å². The smallest absolute Gasteiger partial charge is 0.326 e. The zero-order chi connectivity index (χ0) is 17.7. The van der Waals surface area contributed by atoms with E-state index in [9.17, 15) is 14.7 Å². The van der Waals surface area contributed by atoms with Crippen LogP contribution >= 0.6 is 0 Å². The molecule has 0 spiro atoms. The van der Waals surface area contributed by atoms with E-state index in [4.69, 9.17) is 0 Å². The molecule has 0 aliphatic rings. The maximum absolute atomic E-state index is 12.3. The molecular weight excluding hydrogens is 302 g/mol. The number of carboxylic acids is 1. The van der Waals surface area contributed by atoms with Gasteiger partial charge in [-0.15, -0.1) is 0 Å². The zero-order valence-corrected chi connectivity index (χ0v) is 14.3. The first-order valence-corrected chi connectivity index (χ1v) is 7.99. The van der Waals surface area contributed by atoms with Crippen LogP contribution < -0.4 is 5.32 Å². The minimum atomic E-state index is -1.02. The summed E-state index contributed by atoms with van der Waals surface area (Å²) in [5.41, 5.74) is 5.10. The molecule has 0 saturated carbocycles. The summed E-state index contributed by atoms with van der Waals surface area (Å²) in [6.45, 7) is 5.96.